The van der Waals surface area contributed by atoms with Gasteiger partial charge in [0.2, 0.25) is 6.10 Å². The molecule has 0 aromatic rings. The molecule has 0 aromatic heterocycles. The molecule has 0 aromatic carbocycles. The van der Waals surface area contributed by atoms with Crippen molar-refractivity contribution in [2.75, 3.05) is 13.2 Å². The Kier molecular flexibility index (Phi) is 3.54. The smallest absolute Gasteiger partial charge is 0.408 e. The van der Waals surface area contributed by atoms with Crippen LogP contribution in [0, 0.1) is 0 Å². The van der Waals surface area contributed by atoms with Crippen LogP contribution in [0.5, 0.6) is 0 Å². The van der Waals surface area contributed by atoms with E-state index in [1.54, 1.807) is 0 Å². The molecular weight excluding hydrogens is 174 g/mol. The van der Waals surface area contributed by atoms with E-state index >= 15 is 0 Å². The standard InChI is InChI=1S/C8H13NO4/c1-2-3-4-12-7(10)6-5-9-8(11)13-6/h6H,2-5H2,1H3,(H,9,11). The third kappa shape index (κ3) is 2.93. The molecule has 1 atom stereocenters. The molecule has 1 N–H and O–H groups in total. The van der Waals surface area contributed by atoms with Crippen LogP contribution in [0.3, 0.4) is 0 Å². The van der Waals surface area contributed by atoms with E-state index in [1.165, 1.54) is 0 Å². The van der Waals surface area contributed by atoms with E-state index in [4.69, 9.17) is 4.74 Å². The number of unbranched alkanes of at least 4 members (excludes halogenated alkanes) is 1. The quantitative estimate of drug-likeness (QED) is 0.512. The maximum absolute atomic E-state index is 11.1. The molecule has 1 aliphatic heterocycles. The zero-order valence-corrected chi connectivity index (χ0v) is 7.54. The van der Waals surface area contributed by atoms with Gasteiger partial charge in [0.1, 0.15) is 0 Å². The Hall–Kier alpha value is -1.26. The third-order valence-electron chi connectivity index (χ3n) is 1.69. The molecule has 0 saturated carbocycles. The van der Waals surface area contributed by atoms with Crippen LogP contribution in [0.25, 0.3) is 0 Å². The number of amides is 1. The fourth-order valence-corrected chi connectivity index (χ4v) is 0.930. The summed E-state index contributed by atoms with van der Waals surface area (Å²) in [6, 6.07) is 0. The minimum absolute atomic E-state index is 0.212. The summed E-state index contributed by atoms with van der Waals surface area (Å²) < 4.78 is 9.49. The highest BCUT2D eigenvalue weighted by Gasteiger charge is 2.30. The predicted octanol–water partition coefficient (Wildman–Crippen LogP) is 0.438. The molecule has 1 heterocycles. The Morgan fingerprint density at radius 1 is 1.77 bits per heavy atom. The molecule has 1 fully saturated rings. The third-order valence-corrected chi connectivity index (χ3v) is 1.69. The van der Waals surface area contributed by atoms with Gasteiger partial charge in [-0.1, -0.05) is 13.3 Å². The predicted molar refractivity (Wildman–Crippen MR) is 44.1 cm³/mol. The maximum atomic E-state index is 11.1. The summed E-state index contributed by atoms with van der Waals surface area (Å²) in [5, 5.41) is 2.38. The number of nitrogens with one attached hydrogen (secondary N) is 1. The number of hydrogen-bond acceptors (Lipinski definition) is 4. The monoisotopic (exact) mass is 187 g/mol. The topological polar surface area (TPSA) is 64.6 Å². The summed E-state index contributed by atoms with van der Waals surface area (Å²) >= 11 is 0. The van der Waals surface area contributed by atoms with Crippen LogP contribution in [0.2, 0.25) is 0 Å². The first-order valence-corrected chi connectivity index (χ1v) is 4.35. The van der Waals surface area contributed by atoms with E-state index in [0.29, 0.717) is 6.61 Å². The van der Waals surface area contributed by atoms with E-state index in [1.807, 2.05) is 6.92 Å². The fourth-order valence-electron chi connectivity index (χ4n) is 0.930. The Morgan fingerprint density at radius 3 is 3.08 bits per heavy atom. The number of alkyl carbamates (subject to hydrolysis) is 1. The van der Waals surface area contributed by atoms with Crippen LogP contribution in [0.1, 0.15) is 19.8 Å². The lowest BCUT2D eigenvalue weighted by molar-refractivity contribution is -0.151. The fraction of sp³-hybridized carbons (Fsp3) is 0.750. The van der Waals surface area contributed by atoms with Crippen LogP contribution in [0.4, 0.5) is 4.79 Å². The minimum atomic E-state index is -0.760. The molecule has 0 bridgehead atoms. The highest BCUT2D eigenvalue weighted by atomic mass is 16.6. The number of hydrogen-bond donors (Lipinski definition) is 1. The van der Waals surface area contributed by atoms with E-state index < -0.39 is 18.2 Å². The maximum Gasteiger partial charge on any atom is 0.408 e. The van der Waals surface area contributed by atoms with Crippen molar-refractivity contribution in [3.63, 3.8) is 0 Å². The van der Waals surface area contributed by atoms with Crippen molar-refractivity contribution in [3.05, 3.63) is 0 Å². The average Bonchev–Trinajstić information content (AvgIpc) is 2.52. The molecular formula is C8H13NO4. The zero-order chi connectivity index (χ0) is 9.68. The minimum Gasteiger partial charge on any atom is -0.463 e. The van der Waals surface area contributed by atoms with Crippen molar-refractivity contribution in [1.29, 1.82) is 0 Å². The first-order chi connectivity index (χ1) is 6.24. The number of carbonyl (C=O) groups is 2. The Balaban J connectivity index is 2.20. The van der Waals surface area contributed by atoms with Gasteiger partial charge in [-0.25, -0.2) is 9.59 Å². The molecule has 13 heavy (non-hydrogen) atoms. The van der Waals surface area contributed by atoms with E-state index in [2.05, 4.69) is 10.1 Å². The van der Waals surface area contributed by atoms with Crippen molar-refractivity contribution < 1.29 is 19.1 Å². The molecule has 0 spiro atoms. The Bertz CT molecular complexity index is 204. The number of rotatable bonds is 4. The summed E-state index contributed by atoms with van der Waals surface area (Å²) in [7, 11) is 0. The summed E-state index contributed by atoms with van der Waals surface area (Å²) in [6.07, 6.45) is 0.484. The zero-order valence-electron chi connectivity index (χ0n) is 7.54. The van der Waals surface area contributed by atoms with Crippen molar-refractivity contribution in [1.82, 2.24) is 5.32 Å². The van der Waals surface area contributed by atoms with Gasteiger partial charge < -0.3 is 14.8 Å². The first kappa shape index (κ1) is 9.83. The van der Waals surface area contributed by atoms with Crippen molar-refractivity contribution >= 4 is 12.1 Å². The summed E-state index contributed by atoms with van der Waals surface area (Å²) in [6.45, 7) is 2.61. The van der Waals surface area contributed by atoms with Crippen molar-refractivity contribution in [2.24, 2.45) is 0 Å². The highest BCUT2D eigenvalue weighted by molar-refractivity contribution is 5.82. The molecule has 5 nitrogen and oxygen atoms in total. The van der Waals surface area contributed by atoms with Crippen LogP contribution in [-0.4, -0.2) is 31.3 Å². The van der Waals surface area contributed by atoms with Gasteiger partial charge in [0.15, 0.2) is 0 Å². The molecule has 1 rings (SSSR count). The largest absolute Gasteiger partial charge is 0.463 e. The second-order valence-corrected chi connectivity index (χ2v) is 2.80. The number of ether oxygens (including phenoxy) is 2. The molecule has 1 unspecified atom stereocenters. The molecule has 0 radical (unpaired) electrons. The summed E-state index contributed by atoms with van der Waals surface area (Å²) in [5.74, 6) is -0.466. The van der Waals surface area contributed by atoms with Crippen LogP contribution in [-0.2, 0) is 14.3 Å². The van der Waals surface area contributed by atoms with E-state index in [-0.39, 0.29) is 6.54 Å². The lowest BCUT2D eigenvalue weighted by Crippen LogP contribution is -2.27. The van der Waals surface area contributed by atoms with Gasteiger partial charge in [0, 0.05) is 0 Å². The average molecular weight is 187 g/mol. The van der Waals surface area contributed by atoms with Crippen LogP contribution in [0.15, 0.2) is 0 Å². The van der Waals surface area contributed by atoms with Gasteiger partial charge in [-0.15, -0.1) is 0 Å². The molecule has 74 valence electrons. The molecule has 1 saturated heterocycles. The number of carbonyl (C=O) groups excluding carboxylic acids is 2. The van der Waals surface area contributed by atoms with Crippen molar-refractivity contribution in [3.8, 4) is 0 Å². The van der Waals surface area contributed by atoms with Crippen LogP contribution < -0.4 is 5.32 Å². The summed E-state index contributed by atoms with van der Waals surface area (Å²) in [4.78, 5) is 21.7. The van der Waals surface area contributed by atoms with E-state index in [9.17, 15) is 9.59 Å². The second-order valence-electron chi connectivity index (χ2n) is 2.80. The molecule has 1 amide bonds. The second kappa shape index (κ2) is 4.69. The van der Waals surface area contributed by atoms with Gasteiger partial charge in [-0.05, 0) is 6.42 Å². The lowest BCUT2D eigenvalue weighted by Gasteiger charge is -2.07. The van der Waals surface area contributed by atoms with Gasteiger partial charge in [-0.2, -0.15) is 0 Å². The normalized spacial score (nSPS) is 20.7. The van der Waals surface area contributed by atoms with Gasteiger partial charge in [0.25, 0.3) is 0 Å². The highest BCUT2D eigenvalue weighted by Crippen LogP contribution is 2.02. The SMILES string of the molecule is CCCCOC(=O)C1CNC(=O)O1. The van der Waals surface area contributed by atoms with Crippen LogP contribution >= 0.6 is 0 Å². The first-order valence-electron chi connectivity index (χ1n) is 4.35. The van der Waals surface area contributed by atoms with Gasteiger partial charge >= 0.3 is 12.1 Å². The summed E-state index contributed by atoms with van der Waals surface area (Å²) in [5.41, 5.74) is 0. The Labute approximate surface area is 76.4 Å². The lowest BCUT2D eigenvalue weighted by atomic mass is 10.3. The Morgan fingerprint density at radius 2 is 2.54 bits per heavy atom. The van der Waals surface area contributed by atoms with Gasteiger partial charge in [-0.3, -0.25) is 0 Å². The van der Waals surface area contributed by atoms with E-state index in [0.717, 1.165) is 12.8 Å². The van der Waals surface area contributed by atoms with Gasteiger partial charge in [0.05, 0.1) is 13.2 Å². The number of esters is 1. The molecule has 5 heteroatoms. The molecule has 0 aliphatic carbocycles. The number of cyclic esters (lactones) is 1. The molecule has 1 aliphatic rings. The van der Waals surface area contributed by atoms with Crippen molar-refractivity contribution in [2.45, 2.75) is 25.9 Å².